The number of benzene rings is 1. The van der Waals surface area contributed by atoms with E-state index in [1.54, 1.807) is 6.92 Å². The molecule has 5 heteroatoms. The summed E-state index contributed by atoms with van der Waals surface area (Å²) in [6.07, 6.45) is -0.716. The third-order valence-corrected chi connectivity index (χ3v) is 2.49. The van der Waals surface area contributed by atoms with Gasteiger partial charge in [0.05, 0.1) is 0 Å². The lowest BCUT2D eigenvalue weighted by molar-refractivity contribution is -0.123. The third kappa shape index (κ3) is 3.48. The van der Waals surface area contributed by atoms with Gasteiger partial charge in [0.1, 0.15) is 5.75 Å². The molecule has 0 fully saturated rings. The van der Waals surface area contributed by atoms with Crippen LogP contribution in [-0.2, 0) is 4.79 Å². The van der Waals surface area contributed by atoms with Crippen molar-refractivity contribution in [2.24, 2.45) is 16.5 Å². The summed E-state index contributed by atoms with van der Waals surface area (Å²) in [7, 11) is 0. The van der Waals surface area contributed by atoms with Crippen LogP contribution in [0.5, 0.6) is 5.75 Å². The Labute approximate surface area is 107 Å². The largest absolute Gasteiger partial charge is 0.480 e. The van der Waals surface area contributed by atoms with E-state index in [0.717, 1.165) is 16.7 Å². The molecule has 0 spiro atoms. The fourth-order valence-electron chi connectivity index (χ4n) is 1.80. The summed E-state index contributed by atoms with van der Waals surface area (Å²) in [4.78, 5) is 15.0. The SMILES string of the molecule is Cc1cc(C)c(O[C@@H](C)C(=O)N=C(N)N)c(C)c1. The van der Waals surface area contributed by atoms with Gasteiger partial charge in [0, 0.05) is 0 Å². The third-order valence-electron chi connectivity index (χ3n) is 2.49. The zero-order valence-corrected chi connectivity index (χ0v) is 11.2. The highest BCUT2D eigenvalue weighted by Crippen LogP contribution is 2.25. The van der Waals surface area contributed by atoms with Crippen molar-refractivity contribution >= 4 is 11.9 Å². The maximum absolute atomic E-state index is 11.6. The van der Waals surface area contributed by atoms with E-state index in [1.807, 2.05) is 32.9 Å². The Balaban J connectivity index is 2.92. The molecule has 0 aliphatic heterocycles. The van der Waals surface area contributed by atoms with Gasteiger partial charge in [0.15, 0.2) is 12.1 Å². The maximum Gasteiger partial charge on any atom is 0.289 e. The molecule has 0 aliphatic rings. The number of rotatable bonds is 3. The van der Waals surface area contributed by atoms with Crippen LogP contribution in [0.4, 0.5) is 0 Å². The van der Waals surface area contributed by atoms with E-state index in [9.17, 15) is 4.79 Å². The van der Waals surface area contributed by atoms with Crippen LogP contribution in [0.3, 0.4) is 0 Å². The smallest absolute Gasteiger partial charge is 0.289 e. The average molecular weight is 249 g/mol. The molecule has 0 heterocycles. The second-order valence-electron chi connectivity index (χ2n) is 4.36. The number of ether oxygens (including phenoxy) is 1. The Hall–Kier alpha value is -2.04. The molecule has 1 rings (SSSR count). The fourth-order valence-corrected chi connectivity index (χ4v) is 1.80. The lowest BCUT2D eigenvalue weighted by Crippen LogP contribution is -2.29. The average Bonchev–Trinajstić information content (AvgIpc) is 2.21. The molecular weight excluding hydrogens is 230 g/mol. The summed E-state index contributed by atoms with van der Waals surface area (Å²) in [5.74, 6) is -0.0468. The molecule has 0 saturated heterocycles. The molecule has 0 bridgehead atoms. The van der Waals surface area contributed by atoms with Gasteiger partial charge in [0.25, 0.3) is 5.91 Å². The summed E-state index contributed by atoms with van der Waals surface area (Å²) < 4.78 is 5.63. The highest BCUT2D eigenvalue weighted by atomic mass is 16.5. The summed E-state index contributed by atoms with van der Waals surface area (Å²) >= 11 is 0. The van der Waals surface area contributed by atoms with Crippen molar-refractivity contribution in [3.8, 4) is 5.75 Å². The maximum atomic E-state index is 11.6. The van der Waals surface area contributed by atoms with Crippen molar-refractivity contribution in [2.75, 3.05) is 0 Å². The van der Waals surface area contributed by atoms with Crippen LogP contribution < -0.4 is 16.2 Å². The van der Waals surface area contributed by atoms with E-state index in [1.165, 1.54) is 0 Å². The summed E-state index contributed by atoms with van der Waals surface area (Å²) in [6, 6.07) is 4.00. The van der Waals surface area contributed by atoms with Crippen molar-refractivity contribution in [1.29, 1.82) is 0 Å². The van der Waals surface area contributed by atoms with Gasteiger partial charge < -0.3 is 16.2 Å². The first-order chi connectivity index (χ1) is 8.31. The standard InChI is InChI=1S/C13H19N3O2/c1-7-5-8(2)11(9(3)6-7)18-10(4)12(17)16-13(14)15/h5-6,10H,1-4H3,(H4,14,15,16,17)/t10-/m0/s1. The molecule has 0 saturated carbocycles. The van der Waals surface area contributed by atoms with Crippen LogP contribution in [0, 0.1) is 20.8 Å². The van der Waals surface area contributed by atoms with Crippen LogP contribution >= 0.6 is 0 Å². The molecule has 98 valence electrons. The number of carbonyl (C=O) groups is 1. The van der Waals surface area contributed by atoms with E-state index in [4.69, 9.17) is 16.2 Å². The van der Waals surface area contributed by atoms with Crippen LogP contribution in [0.15, 0.2) is 17.1 Å². The van der Waals surface area contributed by atoms with Crippen LogP contribution in [0.1, 0.15) is 23.6 Å². The van der Waals surface area contributed by atoms with Gasteiger partial charge in [0.2, 0.25) is 0 Å². The first-order valence-electron chi connectivity index (χ1n) is 5.69. The summed E-state index contributed by atoms with van der Waals surface area (Å²) in [6.45, 7) is 7.51. The Bertz CT molecular complexity index is 468. The Kier molecular flexibility index (Phi) is 4.31. The number of carbonyl (C=O) groups excluding carboxylic acids is 1. The number of aryl methyl sites for hydroxylation is 3. The quantitative estimate of drug-likeness (QED) is 0.621. The minimum atomic E-state index is -0.716. The van der Waals surface area contributed by atoms with E-state index < -0.39 is 12.0 Å². The summed E-state index contributed by atoms with van der Waals surface area (Å²) in [5, 5.41) is 0. The topological polar surface area (TPSA) is 90.7 Å². The van der Waals surface area contributed by atoms with Gasteiger partial charge >= 0.3 is 0 Å². The van der Waals surface area contributed by atoms with Crippen molar-refractivity contribution in [3.05, 3.63) is 28.8 Å². The van der Waals surface area contributed by atoms with Gasteiger partial charge in [-0.2, -0.15) is 4.99 Å². The van der Waals surface area contributed by atoms with E-state index in [-0.39, 0.29) is 5.96 Å². The zero-order chi connectivity index (χ0) is 13.9. The van der Waals surface area contributed by atoms with Gasteiger partial charge in [-0.15, -0.1) is 0 Å². The Morgan fingerprint density at radius 1 is 1.22 bits per heavy atom. The highest BCUT2D eigenvalue weighted by molar-refractivity contribution is 5.93. The molecule has 1 amide bonds. The molecule has 0 unspecified atom stereocenters. The normalized spacial score (nSPS) is 11.8. The van der Waals surface area contributed by atoms with Crippen molar-refractivity contribution in [1.82, 2.24) is 0 Å². The monoisotopic (exact) mass is 249 g/mol. The number of hydrogen-bond donors (Lipinski definition) is 2. The molecule has 0 aromatic heterocycles. The number of guanidine groups is 1. The molecule has 1 aromatic carbocycles. The second-order valence-corrected chi connectivity index (χ2v) is 4.36. The molecule has 4 N–H and O–H groups in total. The number of nitrogens with zero attached hydrogens (tertiary/aromatic N) is 1. The van der Waals surface area contributed by atoms with Crippen LogP contribution in [0.2, 0.25) is 0 Å². The van der Waals surface area contributed by atoms with Crippen molar-refractivity contribution in [2.45, 2.75) is 33.8 Å². The van der Waals surface area contributed by atoms with Gasteiger partial charge in [-0.3, -0.25) is 4.79 Å². The molecule has 0 radical (unpaired) electrons. The minimum Gasteiger partial charge on any atom is -0.480 e. The van der Waals surface area contributed by atoms with Crippen molar-refractivity contribution < 1.29 is 9.53 Å². The fraction of sp³-hybridized carbons (Fsp3) is 0.385. The van der Waals surface area contributed by atoms with E-state index in [2.05, 4.69) is 4.99 Å². The molecule has 1 aromatic rings. The van der Waals surface area contributed by atoms with Crippen LogP contribution in [0.25, 0.3) is 0 Å². The Morgan fingerprint density at radius 3 is 2.17 bits per heavy atom. The Morgan fingerprint density at radius 2 is 1.72 bits per heavy atom. The lowest BCUT2D eigenvalue weighted by Gasteiger charge is -2.16. The minimum absolute atomic E-state index is 0.257. The number of amides is 1. The number of nitrogens with two attached hydrogens (primary N) is 2. The zero-order valence-electron chi connectivity index (χ0n) is 11.2. The second kappa shape index (κ2) is 5.53. The molecule has 18 heavy (non-hydrogen) atoms. The number of aliphatic imine (C=N–C) groups is 1. The predicted molar refractivity (Wildman–Crippen MR) is 71.6 cm³/mol. The van der Waals surface area contributed by atoms with Gasteiger partial charge in [-0.1, -0.05) is 17.7 Å². The van der Waals surface area contributed by atoms with Crippen LogP contribution in [-0.4, -0.2) is 18.0 Å². The lowest BCUT2D eigenvalue weighted by atomic mass is 10.1. The first kappa shape index (κ1) is 14.0. The number of hydrogen-bond acceptors (Lipinski definition) is 2. The van der Waals surface area contributed by atoms with Gasteiger partial charge in [-0.05, 0) is 38.8 Å². The first-order valence-corrected chi connectivity index (χ1v) is 5.69. The van der Waals surface area contributed by atoms with E-state index >= 15 is 0 Å². The van der Waals surface area contributed by atoms with E-state index in [0.29, 0.717) is 5.75 Å². The predicted octanol–water partition coefficient (Wildman–Crippen LogP) is 1.18. The van der Waals surface area contributed by atoms with Gasteiger partial charge in [-0.25, -0.2) is 0 Å². The van der Waals surface area contributed by atoms with Crippen molar-refractivity contribution in [3.63, 3.8) is 0 Å². The molecule has 1 atom stereocenters. The molecular formula is C13H19N3O2. The highest BCUT2D eigenvalue weighted by Gasteiger charge is 2.16. The molecule has 0 aliphatic carbocycles. The molecule has 5 nitrogen and oxygen atoms in total. The summed E-state index contributed by atoms with van der Waals surface area (Å²) in [5.41, 5.74) is 13.4.